The van der Waals surface area contributed by atoms with E-state index in [2.05, 4.69) is 45.4 Å². The molecule has 1 atom stereocenters. The Balaban J connectivity index is 1.34. The van der Waals surface area contributed by atoms with Crippen molar-refractivity contribution in [1.29, 1.82) is 0 Å². The second kappa shape index (κ2) is 9.48. The van der Waals surface area contributed by atoms with Crippen LogP contribution in [0, 0.1) is 0 Å². The van der Waals surface area contributed by atoms with Crippen LogP contribution in [0.25, 0.3) is 0 Å². The van der Waals surface area contributed by atoms with Crippen LogP contribution < -0.4 is 11.1 Å². The number of carbonyl (C=O) groups excluding carboxylic acids is 1. The summed E-state index contributed by atoms with van der Waals surface area (Å²) in [6.45, 7) is 6.71. The number of amides is 1. The van der Waals surface area contributed by atoms with E-state index in [1.54, 1.807) is 0 Å². The number of benzene rings is 2. The van der Waals surface area contributed by atoms with Crippen molar-refractivity contribution in [3.05, 3.63) is 71.8 Å². The summed E-state index contributed by atoms with van der Waals surface area (Å²) in [5.74, 6) is -0.112. The molecule has 1 heterocycles. The SMILES string of the molecule is NC(C(=O)NCCN1CCN(Cc2ccccc2)CC1)c1ccccc1. The standard InChI is InChI=1S/C21H28N4O/c22-20(19-9-5-2-6-10-19)21(26)23-11-12-24-13-15-25(16-14-24)17-18-7-3-1-4-8-18/h1-10,20H,11-17,22H2,(H,23,26). The molecular formula is C21H28N4O. The number of nitrogens with one attached hydrogen (secondary N) is 1. The van der Waals surface area contributed by atoms with Crippen LogP contribution in [0.4, 0.5) is 0 Å². The maximum absolute atomic E-state index is 12.2. The lowest BCUT2D eigenvalue weighted by Crippen LogP contribution is -2.48. The van der Waals surface area contributed by atoms with Crippen LogP contribution in [0.3, 0.4) is 0 Å². The lowest BCUT2D eigenvalue weighted by Gasteiger charge is -2.34. The first-order valence-electron chi connectivity index (χ1n) is 9.29. The zero-order valence-electron chi connectivity index (χ0n) is 15.2. The molecule has 26 heavy (non-hydrogen) atoms. The van der Waals surface area contributed by atoms with Crippen molar-refractivity contribution < 1.29 is 4.79 Å². The minimum Gasteiger partial charge on any atom is -0.353 e. The van der Waals surface area contributed by atoms with Gasteiger partial charge < -0.3 is 11.1 Å². The van der Waals surface area contributed by atoms with Crippen LogP contribution >= 0.6 is 0 Å². The average molecular weight is 352 g/mol. The number of nitrogens with zero attached hydrogens (tertiary/aromatic N) is 2. The summed E-state index contributed by atoms with van der Waals surface area (Å²) >= 11 is 0. The van der Waals surface area contributed by atoms with E-state index in [1.807, 2.05) is 30.3 Å². The molecule has 0 aromatic heterocycles. The van der Waals surface area contributed by atoms with E-state index < -0.39 is 6.04 Å². The largest absolute Gasteiger partial charge is 0.353 e. The third-order valence-corrected chi connectivity index (χ3v) is 4.88. The van der Waals surface area contributed by atoms with Crippen molar-refractivity contribution in [1.82, 2.24) is 15.1 Å². The number of hydrogen-bond donors (Lipinski definition) is 2. The Labute approximate surface area is 155 Å². The Hall–Kier alpha value is -2.21. The summed E-state index contributed by atoms with van der Waals surface area (Å²) in [5, 5.41) is 2.96. The summed E-state index contributed by atoms with van der Waals surface area (Å²) in [6, 6.07) is 19.5. The van der Waals surface area contributed by atoms with Gasteiger partial charge in [-0.1, -0.05) is 60.7 Å². The van der Waals surface area contributed by atoms with Crippen molar-refractivity contribution in [3.63, 3.8) is 0 Å². The van der Waals surface area contributed by atoms with Gasteiger partial charge in [0.1, 0.15) is 6.04 Å². The fourth-order valence-corrected chi connectivity index (χ4v) is 3.27. The Bertz CT molecular complexity index is 669. The number of hydrogen-bond acceptors (Lipinski definition) is 4. The third kappa shape index (κ3) is 5.39. The van der Waals surface area contributed by atoms with Gasteiger partial charge in [0.15, 0.2) is 0 Å². The lowest BCUT2D eigenvalue weighted by molar-refractivity contribution is -0.122. The smallest absolute Gasteiger partial charge is 0.241 e. The summed E-state index contributed by atoms with van der Waals surface area (Å²) in [6.07, 6.45) is 0. The number of nitrogens with two attached hydrogens (primary N) is 1. The molecular weight excluding hydrogens is 324 g/mol. The molecule has 3 rings (SSSR count). The highest BCUT2D eigenvalue weighted by molar-refractivity contribution is 5.82. The number of carbonyl (C=O) groups is 1. The second-order valence-corrected chi connectivity index (χ2v) is 6.78. The van der Waals surface area contributed by atoms with Crippen LogP contribution in [0.2, 0.25) is 0 Å². The molecule has 3 N–H and O–H groups in total. The predicted octanol–water partition coefficient (Wildman–Crippen LogP) is 1.62. The minimum absolute atomic E-state index is 0.112. The summed E-state index contributed by atoms with van der Waals surface area (Å²) in [5.41, 5.74) is 8.23. The first-order valence-corrected chi connectivity index (χ1v) is 9.29. The quantitative estimate of drug-likeness (QED) is 0.795. The van der Waals surface area contributed by atoms with Crippen molar-refractivity contribution in [2.75, 3.05) is 39.3 Å². The molecule has 2 aromatic rings. The van der Waals surface area contributed by atoms with E-state index >= 15 is 0 Å². The van der Waals surface area contributed by atoms with E-state index in [-0.39, 0.29) is 5.91 Å². The minimum atomic E-state index is -0.598. The highest BCUT2D eigenvalue weighted by Gasteiger charge is 2.18. The zero-order valence-corrected chi connectivity index (χ0v) is 15.2. The normalized spacial score (nSPS) is 17.0. The molecule has 0 radical (unpaired) electrons. The highest BCUT2D eigenvalue weighted by atomic mass is 16.2. The topological polar surface area (TPSA) is 61.6 Å². The second-order valence-electron chi connectivity index (χ2n) is 6.78. The third-order valence-electron chi connectivity index (χ3n) is 4.88. The molecule has 1 aliphatic heterocycles. The van der Waals surface area contributed by atoms with Crippen LogP contribution in [0.1, 0.15) is 17.2 Å². The molecule has 1 aliphatic rings. The Morgan fingerprint density at radius 1 is 0.923 bits per heavy atom. The number of piperazine rings is 1. The predicted molar refractivity (Wildman–Crippen MR) is 105 cm³/mol. The van der Waals surface area contributed by atoms with Gasteiger partial charge in [0.25, 0.3) is 0 Å². The maximum Gasteiger partial charge on any atom is 0.241 e. The van der Waals surface area contributed by atoms with Gasteiger partial charge in [-0.2, -0.15) is 0 Å². The molecule has 0 saturated carbocycles. The van der Waals surface area contributed by atoms with Gasteiger partial charge in [0, 0.05) is 45.8 Å². The Morgan fingerprint density at radius 2 is 1.50 bits per heavy atom. The highest BCUT2D eigenvalue weighted by Crippen LogP contribution is 2.10. The monoisotopic (exact) mass is 352 g/mol. The molecule has 0 aliphatic carbocycles. The molecule has 5 heteroatoms. The van der Waals surface area contributed by atoms with E-state index in [9.17, 15) is 4.79 Å². The van der Waals surface area contributed by atoms with Crippen molar-refractivity contribution in [3.8, 4) is 0 Å². The van der Waals surface area contributed by atoms with Crippen LogP contribution in [0.15, 0.2) is 60.7 Å². The molecule has 5 nitrogen and oxygen atoms in total. The van der Waals surface area contributed by atoms with Gasteiger partial charge >= 0.3 is 0 Å². The van der Waals surface area contributed by atoms with Gasteiger partial charge in [-0.3, -0.25) is 14.6 Å². The molecule has 1 unspecified atom stereocenters. The van der Waals surface area contributed by atoms with E-state index in [0.29, 0.717) is 6.54 Å². The fraction of sp³-hybridized carbons (Fsp3) is 0.381. The van der Waals surface area contributed by atoms with Crippen LogP contribution in [-0.4, -0.2) is 55.0 Å². The molecule has 138 valence electrons. The van der Waals surface area contributed by atoms with Gasteiger partial charge in [-0.15, -0.1) is 0 Å². The summed E-state index contributed by atoms with van der Waals surface area (Å²) in [7, 11) is 0. The van der Waals surface area contributed by atoms with Gasteiger partial charge in [-0.25, -0.2) is 0 Å². The molecule has 0 spiro atoms. The molecule has 1 amide bonds. The van der Waals surface area contributed by atoms with Gasteiger partial charge in [-0.05, 0) is 11.1 Å². The van der Waals surface area contributed by atoms with Crippen molar-refractivity contribution in [2.45, 2.75) is 12.6 Å². The molecule has 2 aromatic carbocycles. The molecule has 1 fully saturated rings. The summed E-state index contributed by atoms with van der Waals surface area (Å²) < 4.78 is 0. The van der Waals surface area contributed by atoms with Crippen molar-refractivity contribution in [2.24, 2.45) is 5.73 Å². The van der Waals surface area contributed by atoms with Gasteiger partial charge in [0.05, 0.1) is 0 Å². The Morgan fingerprint density at radius 3 is 2.15 bits per heavy atom. The van der Waals surface area contributed by atoms with Crippen molar-refractivity contribution >= 4 is 5.91 Å². The van der Waals surface area contributed by atoms with Gasteiger partial charge in [0.2, 0.25) is 5.91 Å². The van der Waals surface area contributed by atoms with Crippen LogP contribution in [0.5, 0.6) is 0 Å². The van der Waals surface area contributed by atoms with E-state index in [4.69, 9.17) is 5.73 Å². The fourth-order valence-electron chi connectivity index (χ4n) is 3.27. The molecule has 0 bridgehead atoms. The first kappa shape index (κ1) is 18.6. The molecule has 1 saturated heterocycles. The van der Waals surface area contributed by atoms with E-state index in [0.717, 1.165) is 44.8 Å². The van der Waals surface area contributed by atoms with E-state index in [1.165, 1.54) is 5.56 Å². The average Bonchev–Trinajstić information content (AvgIpc) is 2.70. The first-order chi connectivity index (χ1) is 12.7. The van der Waals surface area contributed by atoms with Crippen LogP contribution in [-0.2, 0) is 11.3 Å². The zero-order chi connectivity index (χ0) is 18.2. The summed E-state index contributed by atoms with van der Waals surface area (Å²) in [4.78, 5) is 17.1. The maximum atomic E-state index is 12.2. The Kier molecular flexibility index (Phi) is 6.77. The number of rotatable bonds is 7. The lowest BCUT2D eigenvalue weighted by atomic mass is 10.1.